The van der Waals surface area contributed by atoms with Gasteiger partial charge in [0.2, 0.25) is 0 Å². The molecule has 1 aromatic rings. The molecule has 0 aliphatic heterocycles. The van der Waals surface area contributed by atoms with E-state index in [2.05, 4.69) is 23.9 Å². The Morgan fingerprint density at radius 2 is 2.36 bits per heavy atom. The summed E-state index contributed by atoms with van der Waals surface area (Å²) in [5.74, 6) is 0. The number of hydrogen-bond donors (Lipinski definition) is 1. The molecule has 0 fully saturated rings. The van der Waals surface area contributed by atoms with E-state index in [1.54, 1.807) is 11.0 Å². The summed E-state index contributed by atoms with van der Waals surface area (Å²) in [6, 6.07) is 0. The standard InChI is InChI=1S/C10H15N3O/c1-10(2)4-3-8(5-9(10)14)13-7-11-6-12-13/h5-7,9,14H,3-4H2,1-2H3. The molecule has 4 nitrogen and oxygen atoms in total. The normalized spacial score (nSPS) is 25.9. The average Bonchev–Trinajstić information content (AvgIpc) is 2.62. The van der Waals surface area contributed by atoms with Gasteiger partial charge < -0.3 is 5.11 Å². The van der Waals surface area contributed by atoms with E-state index in [-0.39, 0.29) is 5.41 Å². The van der Waals surface area contributed by atoms with Crippen molar-refractivity contribution in [3.63, 3.8) is 0 Å². The maximum absolute atomic E-state index is 9.87. The smallest absolute Gasteiger partial charge is 0.138 e. The zero-order valence-electron chi connectivity index (χ0n) is 8.51. The Morgan fingerprint density at radius 1 is 1.57 bits per heavy atom. The minimum absolute atomic E-state index is 0.0237. The van der Waals surface area contributed by atoms with Crippen LogP contribution in [0.3, 0.4) is 0 Å². The molecule has 76 valence electrons. The predicted octanol–water partition coefficient (Wildman–Crippen LogP) is 1.30. The number of aliphatic hydroxyl groups excluding tert-OH is 1. The van der Waals surface area contributed by atoms with Crippen molar-refractivity contribution in [2.24, 2.45) is 5.41 Å². The fourth-order valence-electron chi connectivity index (χ4n) is 1.64. The van der Waals surface area contributed by atoms with Gasteiger partial charge >= 0.3 is 0 Å². The lowest BCUT2D eigenvalue weighted by atomic mass is 9.77. The fraction of sp³-hybridized carbons (Fsp3) is 0.600. The van der Waals surface area contributed by atoms with Crippen LogP contribution in [0.15, 0.2) is 18.7 Å². The molecule has 1 aliphatic rings. The molecule has 2 rings (SSSR count). The Kier molecular flexibility index (Phi) is 2.15. The molecule has 0 saturated heterocycles. The van der Waals surface area contributed by atoms with Crippen molar-refractivity contribution >= 4 is 5.70 Å². The number of aromatic nitrogens is 3. The van der Waals surface area contributed by atoms with Crippen LogP contribution in [0.4, 0.5) is 0 Å². The summed E-state index contributed by atoms with van der Waals surface area (Å²) < 4.78 is 1.72. The number of allylic oxidation sites excluding steroid dienone is 1. The first-order valence-corrected chi connectivity index (χ1v) is 4.83. The SMILES string of the molecule is CC1(C)CCC(n2cncn2)=CC1O. The van der Waals surface area contributed by atoms with Crippen molar-refractivity contribution in [3.8, 4) is 0 Å². The van der Waals surface area contributed by atoms with Gasteiger partial charge in [-0.1, -0.05) is 13.8 Å². The number of hydrogen-bond acceptors (Lipinski definition) is 3. The van der Waals surface area contributed by atoms with Crippen molar-refractivity contribution in [3.05, 3.63) is 18.7 Å². The van der Waals surface area contributed by atoms with Gasteiger partial charge in [-0.25, -0.2) is 9.67 Å². The third kappa shape index (κ3) is 1.57. The summed E-state index contributed by atoms with van der Waals surface area (Å²) in [7, 11) is 0. The maximum Gasteiger partial charge on any atom is 0.138 e. The first-order valence-electron chi connectivity index (χ1n) is 4.83. The Morgan fingerprint density at radius 3 is 2.93 bits per heavy atom. The summed E-state index contributed by atoms with van der Waals surface area (Å²) in [6.45, 7) is 4.15. The van der Waals surface area contributed by atoms with Crippen molar-refractivity contribution < 1.29 is 5.11 Å². The molecule has 0 saturated carbocycles. The van der Waals surface area contributed by atoms with Crippen molar-refractivity contribution in [2.45, 2.75) is 32.8 Å². The molecule has 1 N–H and O–H groups in total. The largest absolute Gasteiger partial charge is 0.388 e. The van der Waals surface area contributed by atoms with E-state index in [1.807, 2.05) is 6.08 Å². The van der Waals surface area contributed by atoms with Gasteiger partial charge in [-0.2, -0.15) is 5.10 Å². The zero-order valence-corrected chi connectivity index (χ0v) is 8.51. The third-order valence-electron chi connectivity index (χ3n) is 2.89. The molecular weight excluding hydrogens is 178 g/mol. The molecule has 14 heavy (non-hydrogen) atoms. The second kappa shape index (κ2) is 3.20. The Balaban J connectivity index is 2.25. The molecule has 0 radical (unpaired) electrons. The quantitative estimate of drug-likeness (QED) is 0.731. The van der Waals surface area contributed by atoms with Gasteiger partial charge in [0.25, 0.3) is 0 Å². The predicted molar refractivity (Wildman–Crippen MR) is 53.3 cm³/mol. The number of rotatable bonds is 1. The van der Waals surface area contributed by atoms with E-state index in [0.717, 1.165) is 18.5 Å². The van der Waals surface area contributed by atoms with Crippen LogP contribution < -0.4 is 0 Å². The van der Waals surface area contributed by atoms with Crippen molar-refractivity contribution in [2.75, 3.05) is 0 Å². The maximum atomic E-state index is 9.87. The minimum Gasteiger partial charge on any atom is -0.388 e. The number of nitrogens with zero attached hydrogens (tertiary/aromatic N) is 3. The first kappa shape index (κ1) is 9.40. The molecule has 0 bridgehead atoms. The van der Waals surface area contributed by atoms with E-state index in [4.69, 9.17) is 0 Å². The van der Waals surface area contributed by atoms with E-state index in [0.29, 0.717) is 0 Å². The zero-order chi connectivity index (χ0) is 10.2. The van der Waals surface area contributed by atoms with Crippen LogP contribution in [0.1, 0.15) is 26.7 Å². The third-order valence-corrected chi connectivity index (χ3v) is 2.89. The topological polar surface area (TPSA) is 50.9 Å². The highest BCUT2D eigenvalue weighted by molar-refractivity contribution is 5.46. The summed E-state index contributed by atoms with van der Waals surface area (Å²) in [4.78, 5) is 3.89. The minimum atomic E-state index is -0.393. The first-order chi connectivity index (χ1) is 6.59. The molecule has 1 aliphatic carbocycles. The lowest BCUT2D eigenvalue weighted by molar-refractivity contribution is 0.0783. The highest BCUT2D eigenvalue weighted by Gasteiger charge is 2.30. The fourth-order valence-corrected chi connectivity index (χ4v) is 1.64. The summed E-state index contributed by atoms with van der Waals surface area (Å²) in [5.41, 5.74) is 1.01. The summed E-state index contributed by atoms with van der Waals surface area (Å²) >= 11 is 0. The lowest BCUT2D eigenvalue weighted by Crippen LogP contribution is -2.31. The molecule has 1 atom stereocenters. The molecule has 1 heterocycles. The molecular formula is C10H15N3O. The Hall–Kier alpha value is -1.16. The van der Waals surface area contributed by atoms with E-state index < -0.39 is 6.10 Å². The van der Waals surface area contributed by atoms with Gasteiger partial charge in [0.05, 0.1) is 6.10 Å². The van der Waals surface area contributed by atoms with Crippen molar-refractivity contribution in [1.82, 2.24) is 14.8 Å². The molecule has 1 aromatic heterocycles. The highest BCUT2D eigenvalue weighted by atomic mass is 16.3. The van der Waals surface area contributed by atoms with E-state index >= 15 is 0 Å². The van der Waals surface area contributed by atoms with Gasteiger partial charge in [-0.3, -0.25) is 0 Å². The van der Waals surface area contributed by atoms with Crippen molar-refractivity contribution in [1.29, 1.82) is 0 Å². The number of aliphatic hydroxyl groups is 1. The summed E-state index contributed by atoms with van der Waals surface area (Å²) in [6.07, 6.45) is 6.56. The van der Waals surface area contributed by atoms with Crippen LogP contribution >= 0.6 is 0 Å². The second-order valence-electron chi connectivity index (χ2n) is 4.43. The molecule has 0 aromatic carbocycles. The van der Waals surface area contributed by atoms with Gasteiger partial charge in [-0.15, -0.1) is 0 Å². The van der Waals surface area contributed by atoms with Crippen LogP contribution in [0.25, 0.3) is 5.70 Å². The monoisotopic (exact) mass is 193 g/mol. The molecule has 0 spiro atoms. The van der Waals surface area contributed by atoms with E-state index in [1.165, 1.54) is 6.33 Å². The van der Waals surface area contributed by atoms with Crippen LogP contribution in [0, 0.1) is 5.41 Å². The van der Waals surface area contributed by atoms with Crippen LogP contribution in [0.5, 0.6) is 0 Å². The second-order valence-corrected chi connectivity index (χ2v) is 4.43. The van der Waals surface area contributed by atoms with Gasteiger partial charge in [0.1, 0.15) is 12.7 Å². The van der Waals surface area contributed by atoms with Gasteiger partial charge in [0.15, 0.2) is 0 Å². The van der Waals surface area contributed by atoms with Crippen LogP contribution in [-0.2, 0) is 0 Å². The molecule has 4 heteroatoms. The highest BCUT2D eigenvalue weighted by Crippen LogP contribution is 2.35. The molecule has 0 amide bonds. The van der Waals surface area contributed by atoms with Gasteiger partial charge in [0, 0.05) is 5.70 Å². The summed E-state index contributed by atoms with van der Waals surface area (Å²) in [5, 5.41) is 13.9. The van der Waals surface area contributed by atoms with Gasteiger partial charge in [-0.05, 0) is 24.3 Å². The lowest BCUT2D eigenvalue weighted by Gasteiger charge is -2.33. The Bertz CT molecular complexity index is 340. The van der Waals surface area contributed by atoms with Crippen LogP contribution in [-0.4, -0.2) is 26.0 Å². The van der Waals surface area contributed by atoms with E-state index in [9.17, 15) is 5.11 Å². The average molecular weight is 193 g/mol. The molecule has 1 unspecified atom stereocenters. The Labute approximate surface area is 83.3 Å². The van der Waals surface area contributed by atoms with Crippen LogP contribution in [0.2, 0.25) is 0 Å².